The van der Waals surface area contributed by atoms with Crippen molar-refractivity contribution in [2.75, 3.05) is 6.61 Å². The molecule has 0 aromatic heterocycles. The van der Waals surface area contributed by atoms with Gasteiger partial charge in [-0.05, 0) is 92.7 Å². The van der Waals surface area contributed by atoms with Gasteiger partial charge in [0.2, 0.25) is 0 Å². The Bertz CT molecular complexity index is 497. The van der Waals surface area contributed by atoms with E-state index in [0.717, 1.165) is 41.9 Å². The Morgan fingerprint density at radius 3 is 2.24 bits per heavy atom. The molecular formula is C24H38O. The Balaban J connectivity index is 1.50. The van der Waals surface area contributed by atoms with Crippen LogP contribution in [-0.4, -0.2) is 6.61 Å². The van der Waals surface area contributed by atoms with E-state index in [1.807, 2.05) is 6.92 Å². The third-order valence-corrected chi connectivity index (χ3v) is 7.08. The molecule has 140 valence electrons. The average molecular weight is 343 g/mol. The summed E-state index contributed by atoms with van der Waals surface area (Å²) in [7, 11) is 0. The minimum atomic E-state index is 0.753. The number of hydrogen-bond donors (Lipinski definition) is 0. The fourth-order valence-electron chi connectivity index (χ4n) is 5.79. The second-order valence-electron chi connectivity index (χ2n) is 8.72. The minimum Gasteiger partial charge on any atom is -0.494 e. The van der Waals surface area contributed by atoms with Gasteiger partial charge in [-0.15, -0.1) is 0 Å². The molecule has 3 unspecified atom stereocenters. The van der Waals surface area contributed by atoms with E-state index in [2.05, 4.69) is 38.1 Å². The van der Waals surface area contributed by atoms with Crippen LogP contribution in [0.5, 0.6) is 5.75 Å². The number of ether oxygens (including phenoxy) is 1. The van der Waals surface area contributed by atoms with E-state index < -0.39 is 0 Å². The van der Waals surface area contributed by atoms with Crippen molar-refractivity contribution < 1.29 is 4.74 Å². The van der Waals surface area contributed by atoms with E-state index >= 15 is 0 Å². The van der Waals surface area contributed by atoms with Crippen LogP contribution in [0, 0.1) is 23.7 Å². The predicted octanol–water partition coefficient (Wildman–Crippen LogP) is 7.21. The number of rotatable bonds is 6. The molecule has 1 heteroatoms. The summed E-state index contributed by atoms with van der Waals surface area (Å²) >= 11 is 0. The summed E-state index contributed by atoms with van der Waals surface area (Å²) in [4.78, 5) is 0. The first-order valence-corrected chi connectivity index (χ1v) is 10.9. The highest BCUT2D eigenvalue weighted by atomic mass is 16.5. The molecule has 3 atom stereocenters. The van der Waals surface area contributed by atoms with Gasteiger partial charge in [0.15, 0.2) is 0 Å². The molecule has 0 heterocycles. The molecule has 0 bridgehead atoms. The van der Waals surface area contributed by atoms with Gasteiger partial charge >= 0.3 is 0 Å². The Kier molecular flexibility index (Phi) is 6.84. The van der Waals surface area contributed by atoms with Gasteiger partial charge in [0, 0.05) is 0 Å². The summed E-state index contributed by atoms with van der Waals surface area (Å²) in [6.07, 6.45) is 13.0. The molecule has 0 aliphatic heterocycles. The van der Waals surface area contributed by atoms with Crippen LogP contribution in [0.4, 0.5) is 0 Å². The van der Waals surface area contributed by atoms with Crippen molar-refractivity contribution in [3.8, 4) is 5.75 Å². The van der Waals surface area contributed by atoms with Gasteiger partial charge in [0.05, 0.1) is 6.61 Å². The topological polar surface area (TPSA) is 9.23 Å². The van der Waals surface area contributed by atoms with Crippen LogP contribution in [0.2, 0.25) is 0 Å². The second kappa shape index (κ2) is 9.10. The van der Waals surface area contributed by atoms with Gasteiger partial charge in [0.1, 0.15) is 5.75 Å². The van der Waals surface area contributed by atoms with E-state index in [0.29, 0.717) is 0 Å². The van der Waals surface area contributed by atoms with Crippen molar-refractivity contribution in [2.24, 2.45) is 23.7 Å². The van der Waals surface area contributed by atoms with Gasteiger partial charge in [-0.3, -0.25) is 0 Å². The first-order chi connectivity index (χ1) is 12.2. The number of benzene rings is 1. The molecule has 0 amide bonds. The average Bonchev–Trinajstić information content (AvgIpc) is 2.63. The van der Waals surface area contributed by atoms with Crippen LogP contribution in [-0.2, 0) is 0 Å². The van der Waals surface area contributed by atoms with Gasteiger partial charge in [-0.25, -0.2) is 0 Å². The lowest BCUT2D eigenvalue weighted by molar-refractivity contribution is 0.102. The molecule has 0 radical (unpaired) electrons. The molecular weight excluding hydrogens is 304 g/mol. The fraction of sp³-hybridized carbons (Fsp3) is 0.750. The van der Waals surface area contributed by atoms with Crippen LogP contribution in [0.1, 0.15) is 90.0 Å². The summed E-state index contributed by atoms with van der Waals surface area (Å²) in [5.41, 5.74) is 1.53. The highest BCUT2D eigenvalue weighted by Gasteiger charge is 2.34. The summed E-state index contributed by atoms with van der Waals surface area (Å²) in [6, 6.07) is 8.91. The molecule has 0 N–H and O–H groups in total. The molecule has 1 aromatic rings. The van der Waals surface area contributed by atoms with Crippen molar-refractivity contribution in [3.63, 3.8) is 0 Å². The van der Waals surface area contributed by atoms with Crippen molar-refractivity contribution in [1.29, 1.82) is 0 Å². The molecule has 1 nitrogen and oxygen atoms in total. The molecule has 2 aliphatic rings. The molecule has 2 saturated carbocycles. The van der Waals surface area contributed by atoms with Crippen LogP contribution >= 0.6 is 0 Å². The van der Waals surface area contributed by atoms with Gasteiger partial charge < -0.3 is 4.74 Å². The molecule has 2 aliphatic carbocycles. The Morgan fingerprint density at radius 1 is 0.920 bits per heavy atom. The highest BCUT2D eigenvalue weighted by molar-refractivity contribution is 5.29. The zero-order valence-electron chi connectivity index (χ0n) is 16.7. The summed E-state index contributed by atoms with van der Waals surface area (Å²) < 4.78 is 5.58. The summed E-state index contributed by atoms with van der Waals surface area (Å²) in [5.74, 6) is 5.77. The lowest BCUT2D eigenvalue weighted by atomic mass is 9.64. The molecule has 2 fully saturated rings. The maximum absolute atomic E-state index is 5.58. The van der Waals surface area contributed by atoms with Crippen molar-refractivity contribution in [2.45, 2.75) is 84.5 Å². The lowest BCUT2D eigenvalue weighted by Gasteiger charge is -2.42. The molecule has 25 heavy (non-hydrogen) atoms. The quantitative estimate of drug-likeness (QED) is 0.530. The van der Waals surface area contributed by atoms with Crippen LogP contribution in [0.3, 0.4) is 0 Å². The van der Waals surface area contributed by atoms with Crippen molar-refractivity contribution in [1.82, 2.24) is 0 Å². The largest absolute Gasteiger partial charge is 0.494 e. The molecule has 1 aromatic carbocycles. The Morgan fingerprint density at radius 2 is 1.64 bits per heavy atom. The monoisotopic (exact) mass is 342 g/mol. The summed E-state index contributed by atoms with van der Waals surface area (Å²) in [6.45, 7) is 7.69. The van der Waals surface area contributed by atoms with E-state index in [1.165, 1.54) is 63.4 Å². The van der Waals surface area contributed by atoms with Crippen LogP contribution in [0.25, 0.3) is 0 Å². The SMILES string of the molecule is CCCC1CCC(C2CCC(c3ccc(OCC)cc3)CC2)C(C)C1. The van der Waals surface area contributed by atoms with Gasteiger partial charge in [0.25, 0.3) is 0 Å². The number of hydrogen-bond acceptors (Lipinski definition) is 1. The maximum Gasteiger partial charge on any atom is 0.119 e. The first-order valence-electron chi connectivity index (χ1n) is 10.9. The highest BCUT2D eigenvalue weighted by Crippen LogP contribution is 2.46. The van der Waals surface area contributed by atoms with Crippen molar-refractivity contribution >= 4 is 0 Å². The normalized spacial score (nSPS) is 33.2. The van der Waals surface area contributed by atoms with Gasteiger partial charge in [-0.1, -0.05) is 45.2 Å². The Hall–Kier alpha value is -0.980. The van der Waals surface area contributed by atoms with Gasteiger partial charge in [-0.2, -0.15) is 0 Å². The zero-order chi connectivity index (χ0) is 17.6. The summed E-state index contributed by atoms with van der Waals surface area (Å²) in [5, 5.41) is 0. The molecule has 3 rings (SSSR count). The molecule has 0 spiro atoms. The second-order valence-corrected chi connectivity index (χ2v) is 8.72. The van der Waals surface area contributed by atoms with Crippen LogP contribution < -0.4 is 4.74 Å². The zero-order valence-corrected chi connectivity index (χ0v) is 16.7. The predicted molar refractivity (Wildman–Crippen MR) is 107 cm³/mol. The standard InChI is InChI=1S/C24H38O/c1-4-6-19-7-16-24(18(3)17-19)22-10-8-20(9-11-22)21-12-14-23(15-13-21)25-5-2/h12-15,18-20,22,24H,4-11,16-17H2,1-3H3. The van der Waals surface area contributed by atoms with Crippen molar-refractivity contribution in [3.05, 3.63) is 29.8 Å². The van der Waals surface area contributed by atoms with E-state index in [4.69, 9.17) is 4.74 Å². The first kappa shape index (κ1) is 18.8. The fourth-order valence-corrected chi connectivity index (χ4v) is 5.79. The Labute approximate surface area is 155 Å². The third-order valence-electron chi connectivity index (χ3n) is 7.08. The third kappa shape index (κ3) is 4.80. The smallest absolute Gasteiger partial charge is 0.119 e. The van der Waals surface area contributed by atoms with E-state index in [9.17, 15) is 0 Å². The minimum absolute atomic E-state index is 0.753. The maximum atomic E-state index is 5.58. The van der Waals surface area contributed by atoms with E-state index in [1.54, 1.807) is 0 Å². The van der Waals surface area contributed by atoms with Crippen LogP contribution in [0.15, 0.2) is 24.3 Å². The lowest BCUT2D eigenvalue weighted by Crippen LogP contribution is -2.31. The van der Waals surface area contributed by atoms with E-state index in [-0.39, 0.29) is 0 Å². The molecule has 0 saturated heterocycles.